The van der Waals surface area contributed by atoms with Crippen LogP contribution in [0.2, 0.25) is 0 Å². The van der Waals surface area contributed by atoms with Gasteiger partial charge in [0.25, 0.3) is 0 Å². The molecule has 106 valence electrons. The highest BCUT2D eigenvalue weighted by atomic mass is 32.1. The molecule has 1 heterocycles. The van der Waals surface area contributed by atoms with Crippen molar-refractivity contribution in [2.75, 3.05) is 7.05 Å². The number of hydrogen-bond donors (Lipinski definition) is 1. The molecule has 0 radical (unpaired) electrons. The van der Waals surface area contributed by atoms with Gasteiger partial charge in [-0.2, -0.15) is 0 Å². The Labute approximate surface area is 119 Å². The van der Waals surface area contributed by atoms with E-state index in [2.05, 4.69) is 38.8 Å². The van der Waals surface area contributed by atoms with Crippen molar-refractivity contribution in [3.8, 4) is 0 Å². The average Bonchev–Trinajstić information content (AvgIpc) is 2.73. The van der Waals surface area contributed by atoms with Gasteiger partial charge in [0.2, 0.25) is 0 Å². The van der Waals surface area contributed by atoms with Crippen LogP contribution in [-0.4, -0.2) is 29.1 Å². The fourth-order valence-electron chi connectivity index (χ4n) is 1.99. The second-order valence-electron chi connectivity index (χ2n) is 5.37. The Morgan fingerprint density at radius 1 is 1.42 bits per heavy atom. The van der Waals surface area contributed by atoms with Gasteiger partial charge in [-0.1, -0.05) is 13.8 Å². The van der Waals surface area contributed by atoms with Gasteiger partial charge in [0.1, 0.15) is 0 Å². The fraction of sp³-hybridized carbons (Fsp3) is 0.533. The molecule has 0 bridgehead atoms. The standard InChI is InChI=1S/C15H23NO2S/c1-11(2)9-12(3)16(4)10-14-6-5-13(19-14)7-8-15(17)18/h5-8,11-12H,9-10H2,1-4H3,(H,17,18). The minimum absolute atomic E-state index is 0.556. The molecular weight excluding hydrogens is 258 g/mol. The summed E-state index contributed by atoms with van der Waals surface area (Å²) in [6.45, 7) is 7.65. The summed E-state index contributed by atoms with van der Waals surface area (Å²) in [5.74, 6) is -0.201. The molecule has 0 aliphatic carbocycles. The number of carbonyl (C=O) groups is 1. The molecule has 0 aliphatic rings. The molecule has 0 aliphatic heterocycles. The Morgan fingerprint density at radius 3 is 2.68 bits per heavy atom. The summed E-state index contributed by atoms with van der Waals surface area (Å²) in [5, 5.41) is 8.59. The van der Waals surface area contributed by atoms with E-state index in [0.29, 0.717) is 12.0 Å². The molecule has 1 N–H and O–H groups in total. The Morgan fingerprint density at radius 2 is 2.11 bits per heavy atom. The van der Waals surface area contributed by atoms with Gasteiger partial charge in [-0.3, -0.25) is 4.90 Å². The maximum Gasteiger partial charge on any atom is 0.328 e. The van der Waals surface area contributed by atoms with Crippen LogP contribution in [0.3, 0.4) is 0 Å². The lowest BCUT2D eigenvalue weighted by Gasteiger charge is -2.25. The van der Waals surface area contributed by atoms with Crippen LogP contribution in [0.5, 0.6) is 0 Å². The highest BCUT2D eigenvalue weighted by molar-refractivity contribution is 7.12. The highest BCUT2D eigenvalue weighted by Gasteiger charge is 2.12. The molecule has 4 heteroatoms. The summed E-state index contributed by atoms with van der Waals surface area (Å²) in [6, 6.07) is 4.60. The normalized spacial score (nSPS) is 13.6. The van der Waals surface area contributed by atoms with Gasteiger partial charge >= 0.3 is 5.97 Å². The van der Waals surface area contributed by atoms with Gasteiger partial charge in [0.15, 0.2) is 0 Å². The zero-order valence-electron chi connectivity index (χ0n) is 12.1. The van der Waals surface area contributed by atoms with Crippen molar-refractivity contribution in [1.29, 1.82) is 0 Å². The zero-order valence-corrected chi connectivity index (χ0v) is 12.9. The first-order valence-electron chi connectivity index (χ1n) is 6.58. The topological polar surface area (TPSA) is 40.5 Å². The van der Waals surface area contributed by atoms with E-state index in [-0.39, 0.29) is 0 Å². The Bertz CT molecular complexity index is 437. The highest BCUT2D eigenvalue weighted by Crippen LogP contribution is 2.21. The lowest BCUT2D eigenvalue weighted by Crippen LogP contribution is -2.29. The predicted molar refractivity (Wildman–Crippen MR) is 81.4 cm³/mol. The first kappa shape index (κ1) is 15.9. The van der Waals surface area contributed by atoms with Crippen LogP contribution >= 0.6 is 11.3 Å². The minimum Gasteiger partial charge on any atom is -0.478 e. The predicted octanol–water partition coefficient (Wildman–Crippen LogP) is 3.71. The van der Waals surface area contributed by atoms with Crippen molar-refractivity contribution < 1.29 is 9.90 Å². The smallest absolute Gasteiger partial charge is 0.328 e. The molecule has 1 atom stereocenters. The molecule has 0 spiro atoms. The third kappa shape index (κ3) is 6.03. The summed E-state index contributed by atoms with van der Waals surface area (Å²) in [7, 11) is 2.14. The van der Waals surface area contributed by atoms with E-state index in [1.807, 2.05) is 6.07 Å². The van der Waals surface area contributed by atoms with Crippen LogP contribution in [-0.2, 0) is 11.3 Å². The van der Waals surface area contributed by atoms with Crippen molar-refractivity contribution in [3.05, 3.63) is 28.0 Å². The molecule has 0 amide bonds. The van der Waals surface area contributed by atoms with Crippen molar-refractivity contribution in [3.63, 3.8) is 0 Å². The van der Waals surface area contributed by atoms with Gasteiger partial charge in [-0.15, -0.1) is 11.3 Å². The average molecular weight is 281 g/mol. The Kier molecular flexibility index (Phi) is 6.25. The summed E-state index contributed by atoms with van der Waals surface area (Å²) < 4.78 is 0. The molecular formula is C15H23NO2S. The number of aliphatic carboxylic acids is 1. The van der Waals surface area contributed by atoms with Crippen LogP contribution in [0.1, 0.15) is 36.9 Å². The largest absolute Gasteiger partial charge is 0.478 e. The van der Waals surface area contributed by atoms with Gasteiger partial charge < -0.3 is 5.11 Å². The van der Waals surface area contributed by atoms with Crippen molar-refractivity contribution in [1.82, 2.24) is 4.90 Å². The van der Waals surface area contributed by atoms with Crippen molar-refractivity contribution in [2.24, 2.45) is 5.92 Å². The van der Waals surface area contributed by atoms with Gasteiger partial charge in [-0.25, -0.2) is 4.79 Å². The number of hydrogen-bond acceptors (Lipinski definition) is 3. The number of rotatable bonds is 7. The lowest BCUT2D eigenvalue weighted by molar-refractivity contribution is -0.131. The Balaban J connectivity index is 2.55. The summed E-state index contributed by atoms with van der Waals surface area (Å²) in [6.07, 6.45) is 4.02. The first-order chi connectivity index (χ1) is 8.88. The molecule has 1 aromatic heterocycles. The van der Waals surface area contributed by atoms with E-state index in [4.69, 9.17) is 5.11 Å². The minimum atomic E-state index is -0.905. The molecule has 1 rings (SSSR count). The molecule has 19 heavy (non-hydrogen) atoms. The van der Waals surface area contributed by atoms with Crippen LogP contribution in [0.15, 0.2) is 18.2 Å². The van der Waals surface area contributed by atoms with E-state index in [1.54, 1.807) is 17.4 Å². The molecule has 0 saturated carbocycles. The van der Waals surface area contributed by atoms with Crippen molar-refractivity contribution >= 4 is 23.4 Å². The number of thiophene rings is 1. The number of nitrogens with zero attached hydrogens (tertiary/aromatic N) is 1. The van der Waals surface area contributed by atoms with E-state index in [0.717, 1.165) is 11.4 Å². The monoisotopic (exact) mass is 281 g/mol. The molecule has 1 aromatic rings. The quantitative estimate of drug-likeness (QED) is 0.774. The van der Waals surface area contributed by atoms with Crippen LogP contribution < -0.4 is 0 Å². The maximum atomic E-state index is 10.5. The van der Waals surface area contributed by atoms with E-state index in [9.17, 15) is 4.79 Å². The van der Waals surface area contributed by atoms with Gasteiger partial charge in [0, 0.05) is 28.4 Å². The second kappa shape index (κ2) is 7.46. The summed E-state index contributed by atoms with van der Waals surface area (Å²) >= 11 is 1.65. The first-order valence-corrected chi connectivity index (χ1v) is 7.40. The number of carboxylic acid groups (broad SMARTS) is 1. The zero-order chi connectivity index (χ0) is 14.4. The number of carboxylic acids is 1. The fourth-order valence-corrected chi connectivity index (χ4v) is 2.97. The van der Waals surface area contributed by atoms with E-state index < -0.39 is 5.97 Å². The van der Waals surface area contributed by atoms with E-state index >= 15 is 0 Å². The lowest BCUT2D eigenvalue weighted by atomic mass is 10.0. The van der Waals surface area contributed by atoms with Crippen LogP contribution in [0, 0.1) is 5.92 Å². The van der Waals surface area contributed by atoms with Gasteiger partial charge in [0.05, 0.1) is 0 Å². The van der Waals surface area contributed by atoms with Crippen LogP contribution in [0.25, 0.3) is 6.08 Å². The molecule has 0 fully saturated rings. The SMILES string of the molecule is CC(C)CC(C)N(C)Cc1ccc(C=CC(=O)O)s1. The molecule has 3 nitrogen and oxygen atoms in total. The summed E-state index contributed by atoms with van der Waals surface area (Å²) in [5.41, 5.74) is 0. The third-order valence-corrected chi connectivity index (χ3v) is 4.08. The second-order valence-corrected chi connectivity index (χ2v) is 6.57. The van der Waals surface area contributed by atoms with Crippen LogP contribution in [0.4, 0.5) is 0 Å². The molecule has 0 aromatic carbocycles. The van der Waals surface area contributed by atoms with Gasteiger partial charge in [-0.05, 0) is 44.5 Å². The summed E-state index contributed by atoms with van der Waals surface area (Å²) in [4.78, 5) is 15.1. The Hall–Kier alpha value is -1.13. The maximum absolute atomic E-state index is 10.5. The molecule has 0 saturated heterocycles. The van der Waals surface area contributed by atoms with E-state index in [1.165, 1.54) is 17.4 Å². The third-order valence-electron chi connectivity index (χ3n) is 3.04. The van der Waals surface area contributed by atoms with Crippen molar-refractivity contribution in [2.45, 2.75) is 39.8 Å². The molecule has 1 unspecified atom stereocenters.